The topological polar surface area (TPSA) is 76.7 Å². The zero-order valence-electron chi connectivity index (χ0n) is 12.7. The maximum absolute atomic E-state index is 13.4. The predicted octanol–water partition coefficient (Wildman–Crippen LogP) is 3.78. The number of carbonyl (C=O) groups is 1. The fourth-order valence-corrected chi connectivity index (χ4v) is 1.92. The van der Waals surface area contributed by atoms with Gasteiger partial charge in [0, 0.05) is 11.8 Å². The molecule has 0 atom stereocenters. The highest BCUT2D eigenvalue weighted by Crippen LogP contribution is 2.32. The summed E-state index contributed by atoms with van der Waals surface area (Å²) in [6.45, 7) is 2.89. The molecule has 0 spiro atoms. The summed E-state index contributed by atoms with van der Waals surface area (Å²) in [6, 6.07) is 6.58. The number of nitrogens with one attached hydrogen (secondary N) is 1. The summed E-state index contributed by atoms with van der Waals surface area (Å²) in [7, 11) is 0. The van der Waals surface area contributed by atoms with Gasteiger partial charge < -0.3 is 15.8 Å². The molecule has 0 aromatic heterocycles. The zero-order valence-corrected chi connectivity index (χ0v) is 12.7. The van der Waals surface area contributed by atoms with E-state index < -0.39 is 30.1 Å². The molecule has 0 bridgehead atoms. The number of halogens is 4. The molecule has 3 N–H and O–H groups in total. The summed E-state index contributed by atoms with van der Waals surface area (Å²) in [4.78, 5) is 15.4. The second-order valence-electron chi connectivity index (χ2n) is 4.91. The van der Waals surface area contributed by atoms with Gasteiger partial charge in [0.15, 0.2) is 6.61 Å². The van der Waals surface area contributed by atoms with Gasteiger partial charge in [0.1, 0.15) is 11.6 Å². The maximum atomic E-state index is 13.4. The Hall–Kier alpha value is -3.10. The lowest BCUT2D eigenvalue weighted by Crippen LogP contribution is -2.20. The number of benzene rings is 2. The lowest BCUT2D eigenvalue weighted by molar-refractivity contribution is -0.139. The molecule has 2 aromatic carbocycles. The van der Waals surface area contributed by atoms with E-state index >= 15 is 0 Å². The number of hydrogen-bond acceptors (Lipinski definition) is 4. The van der Waals surface area contributed by atoms with Crippen LogP contribution in [0.1, 0.15) is 5.56 Å². The molecule has 0 heterocycles. The van der Waals surface area contributed by atoms with E-state index in [1.807, 2.05) is 0 Å². The monoisotopic (exact) mass is 355 g/mol. The van der Waals surface area contributed by atoms with E-state index in [0.717, 1.165) is 6.07 Å². The SMILES string of the molecule is C=Nc1cc(OCC(=O)Nc2ccc(C(F)(F)F)c(F)c2)ccc1N. The van der Waals surface area contributed by atoms with Gasteiger partial charge in [0.05, 0.1) is 16.9 Å². The van der Waals surface area contributed by atoms with Crippen LogP contribution in [-0.4, -0.2) is 19.2 Å². The maximum Gasteiger partial charge on any atom is 0.419 e. The summed E-state index contributed by atoms with van der Waals surface area (Å²) >= 11 is 0. The van der Waals surface area contributed by atoms with Crippen LogP contribution < -0.4 is 15.8 Å². The quantitative estimate of drug-likeness (QED) is 0.487. The molecule has 9 heteroatoms. The average molecular weight is 355 g/mol. The van der Waals surface area contributed by atoms with E-state index in [1.54, 1.807) is 0 Å². The number of carbonyl (C=O) groups excluding carboxylic acids is 1. The van der Waals surface area contributed by atoms with Gasteiger partial charge in [-0.15, -0.1) is 0 Å². The molecule has 0 saturated carbocycles. The van der Waals surface area contributed by atoms with Gasteiger partial charge in [-0.3, -0.25) is 9.79 Å². The van der Waals surface area contributed by atoms with Crippen molar-refractivity contribution < 1.29 is 27.1 Å². The molecule has 25 heavy (non-hydrogen) atoms. The first-order valence-electron chi connectivity index (χ1n) is 6.86. The van der Waals surface area contributed by atoms with Crippen LogP contribution >= 0.6 is 0 Å². The average Bonchev–Trinajstić information content (AvgIpc) is 2.53. The molecule has 0 aliphatic carbocycles. The van der Waals surface area contributed by atoms with E-state index in [2.05, 4.69) is 17.0 Å². The predicted molar refractivity (Wildman–Crippen MR) is 85.6 cm³/mol. The van der Waals surface area contributed by atoms with Gasteiger partial charge in [-0.25, -0.2) is 4.39 Å². The fourth-order valence-electron chi connectivity index (χ4n) is 1.92. The number of aliphatic imine (C=N–C) groups is 1. The summed E-state index contributed by atoms with van der Waals surface area (Å²) in [5.74, 6) is -1.86. The highest BCUT2D eigenvalue weighted by atomic mass is 19.4. The van der Waals surface area contributed by atoms with Crippen LogP contribution in [0.15, 0.2) is 41.4 Å². The number of nitrogen functional groups attached to an aromatic ring is 1. The molecule has 0 aliphatic rings. The fraction of sp³-hybridized carbons (Fsp3) is 0.125. The smallest absolute Gasteiger partial charge is 0.419 e. The minimum Gasteiger partial charge on any atom is -0.484 e. The molecule has 0 aliphatic heterocycles. The van der Waals surface area contributed by atoms with E-state index in [1.165, 1.54) is 18.2 Å². The number of rotatable bonds is 5. The first-order valence-corrected chi connectivity index (χ1v) is 6.86. The Morgan fingerprint density at radius 3 is 2.56 bits per heavy atom. The summed E-state index contributed by atoms with van der Waals surface area (Å²) in [6.07, 6.45) is -4.80. The Bertz CT molecular complexity index is 806. The first kappa shape index (κ1) is 18.2. The summed E-state index contributed by atoms with van der Waals surface area (Å²) in [5.41, 5.74) is 4.86. The van der Waals surface area contributed by atoms with Crippen LogP contribution in [0.5, 0.6) is 5.75 Å². The van der Waals surface area contributed by atoms with Crippen LogP contribution in [0.2, 0.25) is 0 Å². The van der Waals surface area contributed by atoms with Gasteiger partial charge in [-0.2, -0.15) is 13.2 Å². The van der Waals surface area contributed by atoms with Crippen molar-refractivity contribution in [2.75, 3.05) is 17.7 Å². The number of nitrogens with zero attached hydrogens (tertiary/aromatic N) is 1. The molecule has 0 radical (unpaired) electrons. The molecule has 132 valence electrons. The minimum atomic E-state index is -4.80. The van der Waals surface area contributed by atoms with E-state index in [9.17, 15) is 22.4 Å². The van der Waals surface area contributed by atoms with Gasteiger partial charge in [0.2, 0.25) is 0 Å². The van der Waals surface area contributed by atoms with Crippen LogP contribution in [0.25, 0.3) is 0 Å². The molecule has 2 aromatic rings. The van der Waals surface area contributed by atoms with Crippen LogP contribution in [0.3, 0.4) is 0 Å². The largest absolute Gasteiger partial charge is 0.484 e. The van der Waals surface area contributed by atoms with Crippen molar-refractivity contribution >= 4 is 29.7 Å². The Morgan fingerprint density at radius 1 is 1.24 bits per heavy atom. The van der Waals surface area contributed by atoms with Crippen molar-refractivity contribution in [3.05, 3.63) is 47.8 Å². The Labute approximate surface area is 140 Å². The zero-order chi connectivity index (χ0) is 18.6. The van der Waals surface area contributed by atoms with Crippen molar-refractivity contribution in [2.24, 2.45) is 4.99 Å². The molecule has 5 nitrogen and oxygen atoms in total. The minimum absolute atomic E-state index is 0.121. The highest BCUT2D eigenvalue weighted by Gasteiger charge is 2.33. The lowest BCUT2D eigenvalue weighted by Gasteiger charge is -2.11. The number of ether oxygens (including phenoxy) is 1. The number of amides is 1. The second-order valence-corrected chi connectivity index (χ2v) is 4.91. The number of anilines is 2. The molecule has 0 fully saturated rings. The normalized spacial score (nSPS) is 11.0. The van der Waals surface area contributed by atoms with Crippen molar-refractivity contribution in [3.63, 3.8) is 0 Å². The van der Waals surface area contributed by atoms with Gasteiger partial charge in [-0.05, 0) is 37.0 Å². The Morgan fingerprint density at radius 2 is 1.96 bits per heavy atom. The molecule has 0 saturated heterocycles. The van der Waals surface area contributed by atoms with Crippen LogP contribution in [0, 0.1) is 5.82 Å². The highest BCUT2D eigenvalue weighted by molar-refractivity contribution is 5.91. The molecule has 0 unspecified atom stereocenters. The second kappa shape index (κ2) is 7.20. The molecule has 2 rings (SSSR count). The number of hydrogen-bond donors (Lipinski definition) is 2. The Balaban J connectivity index is 1.99. The summed E-state index contributed by atoms with van der Waals surface area (Å²) in [5, 5.41) is 2.24. The Kier molecular flexibility index (Phi) is 5.26. The van der Waals surface area contributed by atoms with Gasteiger partial charge >= 0.3 is 6.18 Å². The first-order chi connectivity index (χ1) is 11.7. The number of alkyl halides is 3. The van der Waals surface area contributed by atoms with Crippen molar-refractivity contribution in [1.82, 2.24) is 0 Å². The van der Waals surface area contributed by atoms with E-state index in [4.69, 9.17) is 10.5 Å². The summed E-state index contributed by atoms with van der Waals surface area (Å²) < 4.78 is 56.1. The van der Waals surface area contributed by atoms with E-state index in [0.29, 0.717) is 29.3 Å². The third-order valence-electron chi connectivity index (χ3n) is 3.10. The van der Waals surface area contributed by atoms with Crippen LogP contribution in [-0.2, 0) is 11.0 Å². The lowest BCUT2D eigenvalue weighted by atomic mass is 10.2. The van der Waals surface area contributed by atoms with Gasteiger partial charge in [-0.1, -0.05) is 0 Å². The van der Waals surface area contributed by atoms with Gasteiger partial charge in [0.25, 0.3) is 5.91 Å². The van der Waals surface area contributed by atoms with Crippen molar-refractivity contribution in [2.45, 2.75) is 6.18 Å². The molecular formula is C16H13F4N3O2. The van der Waals surface area contributed by atoms with Crippen molar-refractivity contribution in [3.8, 4) is 5.75 Å². The standard InChI is InChI=1S/C16H13F4N3O2/c1-22-14-7-10(3-5-13(14)21)25-8-15(24)23-9-2-4-11(12(17)6-9)16(18,19)20/h2-7H,1,8,21H2,(H,23,24). The molecular weight excluding hydrogens is 342 g/mol. The number of nitrogens with two attached hydrogens (primary N) is 1. The van der Waals surface area contributed by atoms with E-state index in [-0.39, 0.29) is 5.69 Å². The third kappa shape index (κ3) is 4.69. The third-order valence-corrected chi connectivity index (χ3v) is 3.10. The van der Waals surface area contributed by atoms with Crippen LogP contribution in [0.4, 0.5) is 34.6 Å². The molecule has 1 amide bonds. The van der Waals surface area contributed by atoms with Crippen molar-refractivity contribution in [1.29, 1.82) is 0 Å².